The Bertz CT molecular complexity index is 322. The average molecular weight is 206 g/mol. The third-order valence-electron chi connectivity index (χ3n) is 2.84. The summed E-state index contributed by atoms with van der Waals surface area (Å²) in [6.45, 7) is 4.86. The molecule has 82 valence electrons. The van der Waals surface area contributed by atoms with E-state index >= 15 is 0 Å². The molecule has 0 aliphatic carbocycles. The number of para-hydroxylation sites is 1. The molecule has 1 fully saturated rings. The first-order valence-electron chi connectivity index (χ1n) is 5.59. The highest BCUT2D eigenvalue weighted by Gasteiger charge is 2.22. The van der Waals surface area contributed by atoms with Gasteiger partial charge in [-0.25, -0.2) is 0 Å². The number of hydrogen-bond acceptors (Lipinski definition) is 2. The van der Waals surface area contributed by atoms with Crippen molar-refractivity contribution in [1.29, 1.82) is 0 Å². The lowest BCUT2D eigenvalue weighted by atomic mass is 10.2. The molecule has 1 saturated heterocycles. The van der Waals surface area contributed by atoms with E-state index in [4.69, 9.17) is 9.47 Å². The van der Waals surface area contributed by atoms with Crippen LogP contribution in [0.3, 0.4) is 0 Å². The average Bonchev–Trinajstić information content (AvgIpc) is 2.63. The van der Waals surface area contributed by atoms with E-state index in [1.165, 1.54) is 5.56 Å². The highest BCUT2D eigenvalue weighted by Crippen LogP contribution is 2.21. The van der Waals surface area contributed by atoms with E-state index in [9.17, 15) is 0 Å². The maximum Gasteiger partial charge on any atom is 0.122 e. The number of rotatable bonds is 3. The topological polar surface area (TPSA) is 18.5 Å². The fraction of sp³-hybridized carbons (Fsp3) is 0.538. The van der Waals surface area contributed by atoms with E-state index < -0.39 is 0 Å². The summed E-state index contributed by atoms with van der Waals surface area (Å²) in [5, 5.41) is 0. The van der Waals surface area contributed by atoms with Crippen LogP contribution < -0.4 is 4.74 Å². The molecule has 0 aromatic heterocycles. The maximum atomic E-state index is 5.74. The Morgan fingerprint density at radius 2 is 2.13 bits per heavy atom. The van der Waals surface area contributed by atoms with Gasteiger partial charge in [-0.1, -0.05) is 18.2 Å². The van der Waals surface area contributed by atoms with Crippen LogP contribution in [-0.4, -0.2) is 18.8 Å². The first-order chi connectivity index (χ1) is 7.25. The largest absolute Gasteiger partial charge is 0.491 e. The molecule has 2 heteroatoms. The monoisotopic (exact) mass is 206 g/mol. The van der Waals surface area contributed by atoms with Crippen molar-refractivity contribution < 1.29 is 9.47 Å². The lowest BCUT2D eigenvalue weighted by Crippen LogP contribution is -2.18. The predicted molar refractivity (Wildman–Crippen MR) is 60.2 cm³/mol. The maximum absolute atomic E-state index is 5.74. The quantitative estimate of drug-likeness (QED) is 0.757. The molecule has 0 N–H and O–H groups in total. The lowest BCUT2D eigenvalue weighted by Gasteiger charge is -2.13. The zero-order chi connectivity index (χ0) is 10.7. The van der Waals surface area contributed by atoms with Crippen LogP contribution in [0.1, 0.15) is 25.3 Å². The molecule has 0 spiro atoms. The number of ether oxygens (including phenoxy) is 2. The van der Waals surface area contributed by atoms with Crippen molar-refractivity contribution in [3.8, 4) is 5.75 Å². The molecule has 1 aromatic carbocycles. The van der Waals surface area contributed by atoms with Crippen molar-refractivity contribution in [2.75, 3.05) is 6.61 Å². The second kappa shape index (κ2) is 4.67. The molecule has 0 radical (unpaired) electrons. The molecule has 15 heavy (non-hydrogen) atoms. The first-order valence-corrected chi connectivity index (χ1v) is 5.59. The Balaban J connectivity index is 1.86. The standard InChI is InChI=1S/C13H18O2/c1-10-5-3-4-6-13(10)14-9-12-8-7-11(2)15-12/h3-6,11-12H,7-9H2,1-2H3. The molecule has 0 saturated carbocycles. The number of hydrogen-bond donors (Lipinski definition) is 0. The van der Waals surface area contributed by atoms with E-state index in [1.54, 1.807) is 0 Å². The summed E-state index contributed by atoms with van der Waals surface area (Å²) in [5.41, 5.74) is 1.18. The molecule has 1 heterocycles. The van der Waals surface area contributed by atoms with Crippen molar-refractivity contribution in [2.45, 2.75) is 38.9 Å². The van der Waals surface area contributed by atoms with Gasteiger partial charge in [0.25, 0.3) is 0 Å². The Labute approximate surface area is 91.2 Å². The summed E-state index contributed by atoms with van der Waals surface area (Å²) >= 11 is 0. The van der Waals surface area contributed by atoms with Gasteiger partial charge in [0.1, 0.15) is 12.4 Å². The van der Waals surface area contributed by atoms with Crippen molar-refractivity contribution in [1.82, 2.24) is 0 Å². The minimum Gasteiger partial charge on any atom is -0.491 e. The molecule has 1 aromatic rings. The Kier molecular flexibility index (Phi) is 3.27. The summed E-state index contributed by atoms with van der Waals surface area (Å²) in [6.07, 6.45) is 2.95. The minimum atomic E-state index is 0.277. The van der Waals surface area contributed by atoms with Crippen LogP contribution in [0.25, 0.3) is 0 Å². The molecule has 2 atom stereocenters. The van der Waals surface area contributed by atoms with Crippen molar-refractivity contribution in [2.24, 2.45) is 0 Å². The van der Waals surface area contributed by atoms with Gasteiger partial charge in [-0.3, -0.25) is 0 Å². The Morgan fingerprint density at radius 3 is 2.80 bits per heavy atom. The molecule has 1 aliphatic heterocycles. The van der Waals surface area contributed by atoms with Crippen LogP contribution in [0.15, 0.2) is 24.3 Å². The van der Waals surface area contributed by atoms with Crippen LogP contribution in [0.2, 0.25) is 0 Å². The molecular weight excluding hydrogens is 188 g/mol. The predicted octanol–water partition coefficient (Wildman–Crippen LogP) is 2.94. The van der Waals surface area contributed by atoms with E-state index in [1.807, 2.05) is 18.2 Å². The highest BCUT2D eigenvalue weighted by molar-refractivity contribution is 5.31. The Morgan fingerprint density at radius 1 is 1.33 bits per heavy atom. The van der Waals surface area contributed by atoms with Gasteiger partial charge in [-0.15, -0.1) is 0 Å². The fourth-order valence-electron chi connectivity index (χ4n) is 1.91. The van der Waals surface area contributed by atoms with Crippen molar-refractivity contribution in [3.05, 3.63) is 29.8 Å². The van der Waals surface area contributed by atoms with Crippen molar-refractivity contribution in [3.63, 3.8) is 0 Å². The summed E-state index contributed by atoms with van der Waals surface area (Å²) in [5.74, 6) is 0.973. The summed E-state index contributed by atoms with van der Waals surface area (Å²) in [4.78, 5) is 0. The lowest BCUT2D eigenvalue weighted by molar-refractivity contribution is 0.0263. The molecule has 0 bridgehead atoms. The zero-order valence-electron chi connectivity index (χ0n) is 9.40. The molecule has 1 aliphatic rings. The SMILES string of the molecule is Cc1ccccc1OCC1CCC(C)O1. The van der Waals surface area contributed by atoms with Crippen LogP contribution in [-0.2, 0) is 4.74 Å². The van der Waals surface area contributed by atoms with Gasteiger partial charge < -0.3 is 9.47 Å². The van der Waals surface area contributed by atoms with Crippen LogP contribution in [0.5, 0.6) is 5.75 Å². The first kappa shape index (κ1) is 10.5. The van der Waals surface area contributed by atoms with Gasteiger partial charge >= 0.3 is 0 Å². The zero-order valence-corrected chi connectivity index (χ0v) is 9.40. The van der Waals surface area contributed by atoms with E-state index in [-0.39, 0.29) is 6.10 Å². The Hall–Kier alpha value is -1.02. The van der Waals surface area contributed by atoms with Gasteiger partial charge in [0.2, 0.25) is 0 Å². The number of aryl methyl sites for hydroxylation is 1. The minimum absolute atomic E-state index is 0.277. The molecule has 2 rings (SSSR count). The fourth-order valence-corrected chi connectivity index (χ4v) is 1.91. The van der Waals surface area contributed by atoms with Crippen molar-refractivity contribution >= 4 is 0 Å². The van der Waals surface area contributed by atoms with E-state index in [2.05, 4.69) is 19.9 Å². The summed E-state index contributed by atoms with van der Waals surface area (Å²) in [7, 11) is 0. The van der Waals surface area contributed by atoms with Gasteiger partial charge in [0.15, 0.2) is 0 Å². The van der Waals surface area contributed by atoms with Crippen LogP contribution >= 0.6 is 0 Å². The molecular formula is C13H18O2. The molecule has 0 amide bonds. The normalized spacial score (nSPS) is 25.5. The van der Waals surface area contributed by atoms with Gasteiger partial charge in [-0.05, 0) is 38.3 Å². The van der Waals surface area contributed by atoms with Gasteiger partial charge in [-0.2, -0.15) is 0 Å². The molecule has 2 nitrogen and oxygen atoms in total. The third kappa shape index (κ3) is 2.72. The highest BCUT2D eigenvalue weighted by atomic mass is 16.5. The van der Waals surface area contributed by atoms with Gasteiger partial charge in [0, 0.05) is 0 Å². The van der Waals surface area contributed by atoms with E-state index in [0.29, 0.717) is 12.7 Å². The smallest absolute Gasteiger partial charge is 0.122 e. The summed E-state index contributed by atoms with van der Waals surface area (Å²) in [6, 6.07) is 8.10. The third-order valence-corrected chi connectivity index (χ3v) is 2.84. The second-order valence-corrected chi connectivity index (χ2v) is 4.22. The van der Waals surface area contributed by atoms with E-state index in [0.717, 1.165) is 18.6 Å². The second-order valence-electron chi connectivity index (χ2n) is 4.22. The summed E-state index contributed by atoms with van der Waals surface area (Å²) < 4.78 is 11.4. The number of benzene rings is 1. The van der Waals surface area contributed by atoms with Gasteiger partial charge in [0.05, 0.1) is 12.2 Å². The molecule has 2 unspecified atom stereocenters. The van der Waals surface area contributed by atoms with Crippen LogP contribution in [0, 0.1) is 6.92 Å². The van der Waals surface area contributed by atoms with Crippen LogP contribution in [0.4, 0.5) is 0 Å².